The van der Waals surface area contributed by atoms with Gasteiger partial charge in [-0.3, -0.25) is 4.98 Å². The highest BCUT2D eigenvalue weighted by Crippen LogP contribution is 2.04. The number of nitrogens with one attached hydrogen (secondary N) is 2. The third kappa shape index (κ3) is 6.47. The minimum Gasteiger partial charge on any atom is -0.357 e. The number of aromatic nitrogens is 1. The van der Waals surface area contributed by atoms with E-state index in [1.54, 1.807) is 24.4 Å². The highest BCUT2D eigenvalue weighted by Gasteiger charge is 2.04. The van der Waals surface area contributed by atoms with Crippen LogP contribution in [0.3, 0.4) is 0 Å². The third-order valence-electron chi connectivity index (χ3n) is 2.94. The van der Waals surface area contributed by atoms with Crippen LogP contribution >= 0.6 is 24.0 Å². The SMILES string of the molecule is CCNC(=NCc1ccc(F)cc1)NCc1ncccc1F.I. The van der Waals surface area contributed by atoms with Crippen molar-refractivity contribution in [2.75, 3.05) is 6.54 Å². The van der Waals surface area contributed by atoms with Crippen LogP contribution in [0, 0.1) is 11.6 Å². The van der Waals surface area contributed by atoms with Gasteiger partial charge in [0.05, 0.1) is 18.8 Å². The number of rotatable bonds is 5. The first kappa shape index (κ1) is 19.3. The molecule has 0 aliphatic heterocycles. The second-order valence-electron chi connectivity index (χ2n) is 4.61. The van der Waals surface area contributed by atoms with E-state index in [4.69, 9.17) is 0 Å². The maximum absolute atomic E-state index is 13.5. The molecule has 4 nitrogen and oxygen atoms in total. The Hall–Kier alpha value is -1.77. The molecule has 2 rings (SSSR count). The van der Waals surface area contributed by atoms with E-state index in [9.17, 15) is 8.78 Å². The average molecular weight is 432 g/mol. The van der Waals surface area contributed by atoms with Crippen molar-refractivity contribution < 1.29 is 8.78 Å². The number of hydrogen-bond acceptors (Lipinski definition) is 2. The molecule has 1 heterocycles. The summed E-state index contributed by atoms with van der Waals surface area (Å²) >= 11 is 0. The molecule has 2 N–H and O–H groups in total. The summed E-state index contributed by atoms with van der Waals surface area (Å²) < 4.78 is 26.4. The van der Waals surface area contributed by atoms with Crippen LogP contribution in [0.15, 0.2) is 47.6 Å². The van der Waals surface area contributed by atoms with Gasteiger partial charge in [0.25, 0.3) is 0 Å². The van der Waals surface area contributed by atoms with E-state index in [2.05, 4.69) is 20.6 Å². The lowest BCUT2D eigenvalue weighted by atomic mass is 10.2. The summed E-state index contributed by atoms with van der Waals surface area (Å²) in [6, 6.07) is 9.07. The number of hydrogen-bond donors (Lipinski definition) is 2. The summed E-state index contributed by atoms with van der Waals surface area (Å²) in [5, 5.41) is 6.09. The molecule has 0 fully saturated rings. The average Bonchev–Trinajstić information content (AvgIpc) is 2.53. The number of halogens is 3. The highest BCUT2D eigenvalue weighted by atomic mass is 127. The molecule has 0 bridgehead atoms. The summed E-state index contributed by atoms with van der Waals surface area (Å²) in [4.78, 5) is 8.36. The smallest absolute Gasteiger partial charge is 0.191 e. The lowest BCUT2D eigenvalue weighted by molar-refractivity contribution is 0.592. The molecule has 0 saturated heterocycles. The van der Waals surface area contributed by atoms with Gasteiger partial charge < -0.3 is 10.6 Å². The van der Waals surface area contributed by atoms with Crippen LogP contribution in [-0.2, 0) is 13.1 Å². The fraction of sp³-hybridized carbons (Fsp3) is 0.250. The maximum Gasteiger partial charge on any atom is 0.191 e. The van der Waals surface area contributed by atoms with Crippen molar-refractivity contribution in [3.8, 4) is 0 Å². The summed E-state index contributed by atoms with van der Waals surface area (Å²) in [5.41, 5.74) is 1.22. The zero-order chi connectivity index (χ0) is 15.8. The van der Waals surface area contributed by atoms with Crippen molar-refractivity contribution in [2.24, 2.45) is 4.99 Å². The minimum atomic E-state index is -0.357. The standard InChI is InChI=1S/C16H18F2N4.HI/c1-2-19-16(21-10-12-5-7-13(17)8-6-12)22-11-15-14(18)4-3-9-20-15;/h3-9H,2,10-11H2,1H3,(H2,19,21,22);1H. The Morgan fingerprint density at radius 2 is 1.87 bits per heavy atom. The molecule has 0 unspecified atom stereocenters. The summed E-state index contributed by atoms with van der Waals surface area (Å²) in [7, 11) is 0. The van der Waals surface area contributed by atoms with E-state index in [0.29, 0.717) is 24.7 Å². The van der Waals surface area contributed by atoms with Crippen molar-refractivity contribution >= 4 is 29.9 Å². The predicted molar refractivity (Wildman–Crippen MR) is 97.7 cm³/mol. The molecule has 0 aliphatic carbocycles. The van der Waals surface area contributed by atoms with E-state index >= 15 is 0 Å². The topological polar surface area (TPSA) is 49.3 Å². The summed E-state index contributed by atoms with van der Waals surface area (Å²) in [5.74, 6) is -0.0790. The van der Waals surface area contributed by atoms with Crippen LogP contribution in [0.5, 0.6) is 0 Å². The molecule has 1 aromatic carbocycles. The Morgan fingerprint density at radius 1 is 1.13 bits per heavy atom. The van der Waals surface area contributed by atoms with Gasteiger partial charge in [-0.15, -0.1) is 24.0 Å². The monoisotopic (exact) mass is 432 g/mol. The number of guanidine groups is 1. The number of pyridine rings is 1. The molecule has 23 heavy (non-hydrogen) atoms. The zero-order valence-corrected chi connectivity index (χ0v) is 15.1. The van der Waals surface area contributed by atoms with Crippen molar-refractivity contribution in [1.29, 1.82) is 0 Å². The third-order valence-corrected chi connectivity index (χ3v) is 2.94. The first-order valence-electron chi connectivity index (χ1n) is 7.05. The van der Waals surface area contributed by atoms with Crippen molar-refractivity contribution in [2.45, 2.75) is 20.0 Å². The molecule has 0 saturated carbocycles. The summed E-state index contributed by atoms with van der Waals surface area (Å²) in [6.07, 6.45) is 1.54. The van der Waals surface area contributed by atoms with E-state index in [-0.39, 0.29) is 42.2 Å². The number of nitrogens with zero attached hydrogens (tertiary/aromatic N) is 2. The van der Waals surface area contributed by atoms with E-state index in [0.717, 1.165) is 5.56 Å². The second-order valence-corrected chi connectivity index (χ2v) is 4.61. The summed E-state index contributed by atoms with van der Waals surface area (Å²) in [6.45, 7) is 3.26. The highest BCUT2D eigenvalue weighted by molar-refractivity contribution is 14.0. The van der Waals surface area contributed by atoms with Crippen molar-refractivity contribution in [1.82, 2.24) is 15.6 Å². The molecular formula is C16H19F2IN4. The van der Waals surface area contributed by atoms with Gasteiger partial charge in [0.15, 0.2) is 5.96 Å². The van der Waals surface area contributed by atoms with Crippen LogP contribution in [0.25, 0.3) is 0 Å². The number of benzene rings is 1. The predicted octanol–water partition coefficient (Wildman–Crippen LogP) is 3.23. The first-order chi connectivity index (χ1) is 10.7. The fourth-order valence-electron chi connectivity index (χ4n) is 1.82. The molecular weight excluding hydrogens is 413 g/mol. The van der Waals surface area contributed by atoms with Gasteiger partial charge in [-0.25, -0.2) is 13.8 Å². The quantitative estimate of drug-likeness (QED) is 0.434. The fourth-order valence-corrected chi connectivity index (χ4v) is 1.82. The van der Waals surface area contributed by atoms with Gasteiger partial charge >= 0.3 is 0 Å². The Bertz CT molecular complexity index is 632. The van der Waals surface area contributed by atoms with E-state index in [1.165, 1.54) is 18.2 Å². The van der Waals surface area contributed by atoms with Gasteiger partial charge in [-0.05, 0) is 36.8 Å². The van der Waals surface area contributed by atoms with Crippen LogP contribution in [-0.4, -0.2) is 17.5 Å². The second kappa shape index (κ2) is 10.1. The van der Waals surface area contributed by atoms with E-state index < -0.39 is 0 Å². The molecule has 0 amide bonds. The number of aliphatic imine (C=N–C) groups is 1. The molecule has 124 valence electrons. The van der Waals surface area contributed by atoms with Gasteiger partial charge in [0.2, 0.25) is 0 Å². The lowest BCUT2D eigenvalue weighted by Crippen LogP contribution is -2.37. The van der Waals surface area contributed by atoms with Gasteiger partial charge in [0, 0.05) is 12.7 Å². The zero-order valence-electron chi connectivity index (χ0n) is 12.7. The largest absolute Gasteiger partial charge is 0.357 e. The molecule has 0 spiro atoms. The van der Waals surface area contributed by atoms with Crippen molar-refractivity contribution in [3.63, 3.8) is 0 Å². The Balaban J connectivity index is 0.00000264. The van der Waals surface area contributed by atoms with Crippen molar-refractivity contribution in [3.05, 3.63) is 65.5 Å². The molecule has 1 aromatic heterocycles. The van der Waals surface area contributed by atoms with Gasteiger partial charge in [0.1, 0.15) is 11.6 Å². The normalized spacial score (nSPS) is 10.8. The molecule has 7 heteroatoms. The molecule has 0 radical (unpaired) electrons. The first-order valence-corrected chi connectivity index (χ1v) is 7.05. The minimum absolute atomic E-state index is 0. The van der Waals surface area contributed by atoms with Crippen LogP contribution in [0.1, 0.15) is 18.2 Å². The van der Waals surface area contributed by atoms with Crippen LogP contribution in [0.4, 0.5) is 8.78 Å². The lowest BCUT2D eigenvalue weighted by Gasteiger charge is -2.11. The molecule has 0 aliphatic rings. The molecule has 0 atom stereocenters. The van der Waals surface area contributed by atoms with Crippen LogP contribution < -0.4 is 10.6 Å². The molecule has 2 aromatic rings. The van der Waals surface area contributed by atoms with E-state index in [1.807, 2.05) is 6.92 Å². The Labute approximate surface area is 151 Å². The Morgan fingerprint density at radius 3 is 2.52 bits per heavy atom. The maximum atomic E-state index is 13.5. The van der Waals surface area contributed by atoms with Gasteiger partial charge in [-0.1, -0.05) is 12.1 Å². The van der Waals surface area contributed by atoms with Crippen LogP contribution in [0.2, 0.25) is 0 Å². The van der Waals surface area contributed by atoms with Gasteiger partial charge in [-0.2, -0.15) is 0 Å². The Kier molecular flexibility index (Phi) is 8.46.